The zero-order valence-electron chi connectivity index (χ0n) is 15.4. The Morgan fingerprint density at radius 1 is 1.04 bits per heavy atom. The number of aryl methyl sites for hydroxylation is 1. The van der Waals surface area contributed by atoms with E-state index in [2.05, 4.69) is 64.8 Å². The van der Waals surface area contributed by atoms with Gasteiger partial charge in [-0.25, -0.2) is 4.98 Å². The van der Waals surface area contributed by atoms with Gasteiger partial charge in [0.15, 0.2) is 0 Å². The Morgan fingerprint density at radius 3 is 2.21 bits per heavy atom. The fraction of sp³-hybridized carbons (Fsp3) is 0.550. The molecular weight excluding hydrogens is 296 g/mol. The van der Waals surface area contributed by atoms with Gasteiger partial charge in [0, 0.05) is 48.9 Å². The minimum Gasteiger partial charge on any atom is -0.371 e. The summed E-state index contributed by atoms with van der Waals surface area (Å²) >= 11 is 0. The lowest BCUT2D eigenvalue weighted by Crippen LogP contribution is -2.46. The van der Waals surface area contributed by atoms with Gasteiger partial charge in [-0.2, -0.15) is 0 Å². The van der Waals surface area contributed by atoms with E-state index in [9.17, 15) is 0 Å². The van der Waals surface area contributed by atoms with Gasteiger partial charge < -0.3 is 14.8 Å². The maximum absolute atomic E-state index is 4.30. The number of anilines is 1. The van der Waals surface area contributed by atoms with Gasteiger partial charge in [0.25, 0.3) is 0 Å². The third-order valence-electron chi connectivity index (χ3n) is 5.31. The first-order valence-corrected chi connectivity index (χ1v) is 9.16. The average Bonchev–Trinajstić information content (AvgIpc) is 3.02. The van der Waals surface area contributed by atoms with E-state index >= 15 is 0 Å². The predicted molar refractivity (Wildman–Crippen MR) is 101 cm³/mol. The Morgan fingerprint density at radius 2 is 1.67 bits per heavy atom. The summed E-state index contributed by atoms with van der Waals surface area (Å²) in [6.07, 6.45) is 6.30. The molecule has 1 aliphatic heterocycles. The van der Waals surface area contributed by atoms with Crippen LogP contribution in [0.3, 0.4) is 0 Å². The molecule has 4 nitrogen and oxygen atoms in total. The zero-order valence-corrected chi connectivity index (χ0v) is 15.4. The number of rotatable bonds is 5. The topological polar surface area (TPSA) is 33.1 Å². The monoisotopic (exact) mass is 326 g/mol. The second kappa shape index (κ2) is 7.39. The van der Waals surface area contributed by atoms with Crippen LogP contribution < -0.4 is 10.2 Å². The van der Waals surface area contributed by atoms with Gasteiger partial charge >= 0.3 is 0 Å². The van der Waals surface area contributed by atoms with Gasteiger partial charge in [-0.05, 0) is 56.9 Å². The van der Waals surface area contributed by atoms with Crippen LogP contribution in [0.5, 0.6) is 0 Å². The Kier molecular flexibility index (Phi) is 5.24. The number of aromatic nitrogens is 2. The van der Waals surface area contributed by atoms with E-state index in [0.717, 1.165) is 18.9 Å². The van der Waals surface area contributed by atoms with Crippen LogP contribution in [0.1, 0.15) is 39.4 Å². The summed E-state index contributed by atoms with van der Waals surface area (Å²) in [7, 11) is 0. The predicted octanol–water partition coefficient (Wildman–Crippen LogP) is 3.78. The molecule has 1 fully saturated rings. The maximum atomic E-state index is 4.30. The van der Waals surface area contributed by atoms with Crippen molar-refractivity contribution in [3.05, 3.63) is 42.5 Å². The number of hydrogen-bond donors (Lipinski definition) is 1. The molecule has 1 saturated heterocycles. The van der Waals surface area contributed by atoms with Gasteiger partial charge in [0.2, 0.25) is 0 Å². The molecule has 0 saturated carbocycles. The molecule has 2 aromatic rings. The SMILES string of the molecule is Cc1nccn1-c1ccc(N2CCC(N[C@@H](C)C(C)C)CC2)cc1. The molecule has 0 unspecified atom stereocenters. The van der Waals surface area contributed by atoms with Gasteiger partial charge in [-0.15, -0.1) is 0 Å². The van der Waals surface area contributed by atoms with Gasteiger partial charge in [-0.1, -0.05) is 13.8 Å². The summed E-state index contributed by atoms with van der Waals surface area (Å²) in [6.45, 7) is 11.2. The van der Waals surface area contributed by atoms with Crippen LogP contribution in [0.4, 0.5) is 5.69 Å². The zero-order chi connectivity index (χ0) is 17.1. The fourth-order valence-electron chi connectivity index (χ4n) is 3.34. The standard InChI is InChI=1S/C20H30N4/c1-15(2)16(3)22-18-9-12-23(13-10-18)19-5-7-20(8-6-19)24-14-11-21-17(24)4/h5-8,11,14-16,18,22H,9-10,12-13H2,1-4H3/t16-/m0/s1. The summed E-state index contributed by atoms with van der Waals surface area (Å²) in [5, 5.41) is 3.79. The van der Waals surface area contributed by atoms with Crippen LogP contribution >= 0.6 is 0 Å². The first-order valence-electron chi connectivity index (χ1n) is 9.16. The molecule has 0 spiro atoms. The first-order chi connectivity index (χ1) is 11.5. The lowest BCUT2D eigenvalue weighted by atomic mass is 10.00. The van der Waals surface area contributed by atoms with E-state index in [4.69, 9.17) is 0 Å². The lowest BCUT2D eigenvalue weighted by Gasteiger charge is -2.36. The van der Waals surface area contributed by atoms with Crippen LogP contribution in [0.2, 0.25) is 0 Å². The van der Waals surface area contributed by atoms with Crippen molar-refractivity contribution in [3.8, 4) is 5.69 Å². The number of nitrogens with one attached hydrogen (secondary N) is 1. The van der Waals surface area contributed by atoms with Crippen molar-refractivity contribution in [2.45, 2.75) is 52.6 Å². The highest BCUT2D eigenvalue weighted by molar-refractivity contribution is 5.51. The summed E-state index contributed by atoms with van der Waals surface area (Å²) in [6, 6.07) is 10.1. The summed E-state index contributed by atoms with van der Waals surface area (Å²) < 4.78 is 2.12. The molecule has 1 aromatic heterocycles. The minimum absolute atomic E-state index is 0.597. The summed E-state index contributed by atoms with van der Waals surface area (Å²) in [5.41, 5.74) is 2.50. The first kappa shape index (κ1) is 17.0. The lowest BCUT2D eigenvalue weighted by molar-refractivity contribution is 0.331. The van der Waals surface area contributed by atoms with E-state index in [1.807, 2.05) is 19.3 Å². The van der Waals surface area contributed by atoms with E-state index < -0.39 is 0 Å². The number of nitrogens with zero attached hydrogens (tertiary/aromatic N) is 3. The van der Waals surface area contributed by atoms with Gasteiger partial charge in [0.05, 0.1) is 0 Å². The number of imidazole rings is 1. The Bertz CT molecular complexity index is 636. The third kappa shape index (κ3) is 3.81. The number of hydrogen-bond acceptors (Lipinski definition) is 3. The van der Waals surface area contributed by atoms with Gasteiger partial charge in [-0.3, -0.25) is 0 Å². The van der Waals surface area contributed by atoms with Crippen molar-refractivity contribution in [1.82, 2.24) is 14.9 Å². The molecule has 4 heteroatoms. The highest BCUT2D eigenvalue weighted by Gasteiger charge is 2.21. The Hall–Kier alpha value is -1.81. The molecule has 1 N–H and O–H groups in total. The number of piperidine rings is 1. The molecule has 1 aromatic carbocycles. The quantitative estimate of drug-likeness (QED) is 0.907. The number of benzene rings is 1. The second-order valence-corrected chi connectivity index (χ2v) is 7.32. The maximum Gasteiger partial charge on any atom is 0.110 e. The van der Waals surface area contributed by atoms with Crippen molar-refractivity contribution >= 4 is 5.69 Å². The van der Waals surface area contributed by atoms with Crippen molar-refractivity contribution in [1.29, 1.82) is 0 Å². The normalized spacial score (nSPS) is 17.5. The van der Waals surface area contributed by atoms with Crippen LogP contribution in [0.25, 0.3) is 5.69 Å². The van der Waals surface area contributed by atoms with Crippen molar-refractivity contribution < 1.29 is 0 Å². The third-order valence-corrected chi connectivity index (χ3v) is 5.31. The van der Waals surface area contributed by atoms with Crippen molar-refractivity contribution in [2.24, 2.45) is 5.92 Å². The molecule has 2 heterocycles. The fourth-order valence-corrected chi connectivity index (χ4v) is 3.34. The van der Waals surface area contributed by atoms with Crippen LogP contribution in [-0.2, 0) is 0 Å². The van der Waals surface area contributed by atoms with E-state index in [0.29, 0.717) is 18.0 Å². The van der Waals surface area contributed by atoms with Crippen LogP contribution in [0.15, 0.2) is 36.7 Å². The highest BCUT2D eigenvalue weighted by atomic mass is 15.2. The van der Waals surface area contributed by atoms with Crippen molar-refractivity contribution in [2.75, 3.05) is 18.0 Å². The van der Waals surface area contributed by atoms with Crippen LogP contribution in [-0.4, -0.2) is 34.7 Å². The van der Waals surface area contributed by atoms with E-state index in [1.54, 1.807) is 0 Å². The molecule has 3 rings (SSSR count). The average molecular weight is 326 g/mol. The van der Waals surface area contributed by atoms with E-state index in [1.165, 1.54) is 24.2 Å². The molecule has 1 aliphatic rings. The Balaban J connectivity index is 1.58. The molecule has 0 amide bonds. The molecule has 0 bridgehead atoms. The molecule has 0 aliphatic carbocycles. The molecule has 24 heavy (non-hydrogen) atoms. The van der Waals surface area contributed by atoms with E-state index in [-0.39, 0.29) is 0 Å². The molecule has 1 atom stereocenters. The van der Waals surface area contributed by atoms with Crippen molar-refractivity contribution in [3.63, 3.8) is 0 Å². The highest BCUT2D eigenvalue weighted by Crippen LogP contribution is 2.22. The molecular formula is C20H30N4. The largest absolute Gasteiger partial charge is 0.371 e. The van der Waals surface area contributed by atoms with Gasteiger partial charge in [0.1, 0.15) is 5.82 Å². The smallest absolute Gasteiger partial charge is 0.110 e. The minimum atomic E-state index is 0.597. The Labute approximate surface area is 145 Å². The summed E-state index contributed by atoms with van der Waals surface area (Å²) in [5.74, 6) is 1.72. The second-order valence-electron chi connectivity index (χ2n) is 7.32. The van der Waals surface area contributed by atoms with Crippen LogP contribution in [0, 0.1) is 12.8 Å². The molecule has 0 radical (unpaired) electrons. The molecule has 130 valence electrons. The summed E-state index contributed by atoms with van der Waals surface area (Å²) in [4.78, 5) is 6.80.